The van der Waals surface area contributed by atoms with Crippen LogP contribution in [0.5, 0.6) is 5.75 Å². The minimum atomic E-state index is -0.344. The second-order valence-electron chi connectivity index (χ2n) is 7.49. The number of rotatable bonds is 8. The first kappa shape index (κ1) is 23.7. The zero-order valence-electron chi connectivity index (χ0n) is 18.1. The van der Waals surface area contributed by atoms with E-state index in [1.807, 2.05) is 77.5 Å². The van der Waals surface area contributed by atoms with Crippen LogP contribution >= 0.6 is 11.6 Å². The number of carbonyl (C=O) groups excluding carboxylic acids is 2. The van der Waals surface area contributed by atoms with Crippen molar-refractivity contribution in [2.75, 3.05) is 6.54 Å². The summed E-state index contributed by atoms with van der Waals surface area (Å²) >= 11 is 7.87. The van der Waals surface area contributed by atoms with E-state index in [1.54, 1.807) is 30.3 Å². The van der Waals surface area contributed by atoms with Crippen LogP contribution in [-0.4, -0.2) is 38.9 Å². The van der Waals surface area contributed by atoms with Crippen LogP contribution in [0.25, 0.3) is 22.6 Å². The molecular formula is C27H20AsClN2O3. The monoisotopic (exact) mass is 530 g/mol. The molecule has 7 heteroatoms. The van der Waals surface area contributed by atoms with Gasteiger partial charge in [0.15, 0.2) is 0 Å². The second kappa shape index (κ2) is 11.1. The number of aromatic nitrogens is 1. The SMILES string of the molecule is O=C([As])CNC(=O)C(=Cc1ccc(Cl)cc1)c1ccc(OCc2ccc3ccccc3n2)cc1. The van der Waals surface area contributed by atoms with Gasteiger partial charge in [-0.25, -0.2) is 4.98 Å². The number of amides is 1. The zero-order chi connectivity index (χ0) is 23.9. The summed E-state index contributed by atoms with van der Waals surface area (Å²) in [5.74, 6) is 0.314. The molecule has 168 valence electrons. The van der Waals surface area contributed by atoms with Crippen molar-refractivity contribution in [3.05, 3.63) is 107 Å². The number of hydrogen-bond donors (Lipinski definition) is 1. The van der Waals surface area contributed by atoms with Crippen LogP contribution in [0.1, 0.15) is 16.8 Å². The summed E-state index contributed by atoms with van der Waals surface area (Å²) in [6, 6.07) is 26.3. The van der Waals surface area contributed by atoms with Crippen molar-refractivity contribution < 1.29 is 14.3 Å². The molecule has 1 N–H and O–H groups in total. The number of benzene rings is 3. The predicted octanol–water partition coefficient (Wildman–Crippen LogP) is 4.82. The van der Waals surface area contributed by atoms with Gasteiger partial charge in [0.25, 0.3) is 0 Å². The fraction of sp³-hybridized carbons (Fsp3) is 0.0741. The van der Waals surface area contributed by atoms with Crippen LogP contribution in [0, 0.1) is 0 Å². The first-order valence-corrected chi connectivity index (χ1v) is 11.8. The molecule has 4 rings (SSSR count). The summed E-state index contributed by atoms with van der Waals surface area (Å²) in [4.78, 5) is 28.8. The van der Waals surface area contributed by atoms with Crippen LogP contribution < -0.4 is 10.1 Å². The van der Waals surface area contributed by atoms with Crippen molar-refractivity contribution in [1.29, 1.82) is 0 Å². The van der Waals surface area contributed by atoms with Crippen molar-refractivity contribution in [2.24, 2.45) is 0 Å². The number of nitrogens with one attached hydrogen (secondary N) is 1. The molecule has 3 aromatic carbocycles. The Bertz CT molecular complexity index is 1350. The van der Waals surface area contributed by atoms with E-state index < -0.39 is 0 Å². The Kier molecular flexibility index (Phi) is 7.79. The molecule has 0 saturated heterocycles. The number of nitrogens with zero attached hydrogens (tertiary/aromatic N) is 1. The van der Waals surface area contributed by atoms with Gasteiger partial charge in [-0.3, -0.25) is 0 Å². The van der Waals surface area contributed by atoms with Crippen molar-refractivity contribution in [3.63, 3.8) is 0 Å². The van der Waals surface area contributed by atoms with Gasteiger partial charge in [0.2, 0.25) is 0 Å². The van der Waals surface area contributed by atoms with Crippen molar-refractivity contribution >= 4 is 61.5 Å². The van der Waals surface area contributed by atoms with Crippen molar-refractivity contribution in [1.82, 2.24) is 10.3 Å². The molecule has 0 atom stereocenters. The van der Waals surface area contributed by atoms with E-state index in [0.29, 0.717) is 28.5 Å². The standard InChI is InChI=1S/C27H20AsClN2O3/c28-26(32)16-30-27(33)24(15-18-5-10-21(29)11-6-18)19-8-13-23(14-9-19)34-17-22-12-7-20-3-1-2-4-25(20)31-22/h1-15H,16-17H2,(H,30,33). The maximum absolute atomic E-state index is 12.8. The molecule has 0 fully saturated rings. The molecule has 4 aromatic rings. The van der Waals surface area contributed by atoms with E-state index in [1.165, 1.54) is 0 Å². The molecule has 1 amide bonds. The van der Waals surface area contributed by atoms with E-state index in [0.717, 1.165) is 22.2 Å². The first-order chi connectivity index (χ1) is 16.5. The Balaban J connectivity index is 1.51. The molecular weight excluding hydrogens is 511 g/mol. The molecule has 0 aliphatic heterocycles. The van der Waals surface area contributed by atoms with Gasteiger partial charge in [0, 0.05) is 5.39 Å². The molecule has 1 heterocycles. The molecule has 0 aliphatic carbocycles. The number of hydrogen-bond acceptors (Lipinski definition) is 4. The topological polar surface area (TPSA) is 68.3 Å². The number of halogens is 1. The summed E-state index contributed by atoms with van der Waals surface area (Å²) in [5, 5.41) is 4.34. The van der Waals surface area contributed by atoms with E-state index in [9.17, 15) is 9.59 Å². The molecule has 5 nitrogen and oxygen atoms in total. The van der Waals surface area contributed by atoms with E-state index in [-0.39, 0.29) is 17.0 Å². The van der Waals surface area contributed by atoms with Gasteiger partial charge in [-0.2, -0.15) is 0 Å². The van der Waals surface area contributed by atoms with Gasteiger partial charge in [0.1, 0.15) is 0 Å². The number of carbonyl (C=O) groups is 2. The number of fused-ring (bicyclic) bond motifs is 1. The van der Waals surface area contributed by atoms with E-state index >= 15 is 0 Å². The maximum atomic E-state index is 12.8. The number of ether oxygens (including phenoxy) is 1. The Morgan fingerprint density at radius 1 is 0.941 bits per heavy atom. The third kappa shape index (κ3) is 6.34. The molecule has 34 heavy (non-hydrogen) atoms. The summed E-state index contributed by atoms with van der Waals surface area (Å²) in [5.41, 5.74) is 3.69. The average molecular weight is 531 g/mol. The van der Waals surface area contributed by atoms with Gasteiger partial charge in [0.05, 0.1) is 5.52 Å². The van der Waals surface area contributed by atoms with Crippen LogP contribution in [0.15, 0.2) is 84.9 Å². The Hall–Kier alpha value is -3.40. The van der Waals surface area contributed by atoms with Gasteiger partial charge >= 0.3 is 159 Å². The van der Waals surface area contributed by atoms with E-state index in [4.69, 9.17) is 16.3 Å². The fourth-order valence-electron chi connectivity index (χ4n) is 3.33. The first-order valence-electron chi connectivity index (χ1n) is 10.5. The van der Waals surface area contributed by atoms with Crippen molar-refractivity contribution in [3.8, 4) is 5.75 Å². The quantitative estimate of drug-likeness (QED) is 0.201. The minimum absolute atomic E-state index is 0.0588. The van der Waals surface area contributed by atoms with Crippen LogP contribution in [-0.2, 0) is 16.2 Å². The summed E-state index contributed by atoms with van der Waals surface area (Å²) in [6.45, 7) is 0.270. The third-order valence-electron chi connectivity index (χ3n) is 5.03. The molecule has 0 unspecified atom stereocenters. The summed E-state index contributed by atoms with van der Waals surface area (Å²) < 4.78 is 5.72. The van der Waals surface area contributed by atoms with Gasteiger partial charge in [-0.05, 0) is 12.1 Å². The zero-order valence-corrected chi connectivity index (χ0v) is 20.7. The average Bonchev–Trinajstić information content (AvgIpc) is 2.86. The van der Waals surface area contributed by atoms with Crippen molar-refractivity contribution in [2.45, 2.75) is 6.61 Å². The Morgan fingerprint density at radius 3 is 2.41 bits per heavy atom. The Morgan fingerprint density at radius 2 is 1.68 bits per heavy atom. The van der Waals surface area contributed by atoms with Gasteiger partial charge < -0.3 is 0 Å². The number of para-hydroxylation sites is 1. The molecule has 2 radical (unpaired) electrons. The van der Waals surface area contributed by atoms with Crippen LogP contribution in [0.4, 0.5) is 0 Å². The Labute approximate surface area is 211 Å². The normalized spacial score (nSPS) is 11.3. The molecule has 0 bridgehead atoms. The second-order valence-corrected chi connectivity index (χ2v) is 8.98. The third-order valence-corrected chi connectivity index (χ3v) is 5.62. The van der Waals surface area contributed by atoms with Gasteiger partial charge in [-0.15, -0.1) is 0 Å². The molecule has 0 saturated carbocycles. The van der Waals surface area contributed by atoms with Gasteiger partial charge in [-0.1, -0.05) is 24.3 Å². The number of pyridine rings is 1. The molecule has 1 aromatic heterocycles. The fourth-order valence-corrected chi connectivity index (χ4v) is 3.63. The predicted molar refractivity (Wildman–Crippen MR) is 136 cm³/mol. The summed E-state index contributed by atoms with van der Waals surface area (Å²) in [7, 11) is 0. The molecule has 0 aliphatic rings. The summed E-state index contributed by atoms with van der Waals surface area (Å²) in [6.07, 6.45) is 1.76. The van der Waals surface area contributed by atoms with Crippen LogP contribution in [0.2, 0.25) is 5.02 Å². The molecule has 0 spiro atoms. The van der Waals surface area contributed by atoms with E-state index in [2.05, 4.69) is 10.3 Å². The van der Waals surface area contributed by atoms with Crippen LogP contribution in [0.3, 0.4) is 0 Å².